The van der Waals surface area contributed by atoms with Crippen molar-refractivity contribution >= 4 is 5.97 Å². The second-order valence-corrected chi connectivity index (χ2v) is 7.17. The number of carbonyl (C=O) groups is 1. The number of hydrogen-bond donors (Lipinski definition) is 0. The Hall–Kier alpha value is -2.70. The molecule has 7 heteroatoms. The van der Waals surface area contributed by atoms with Crippen LogP contribution in [0.2, 0.25) is 0 Å². The Morgan fingerprint density at radius 2 is 1.36 bits per heavy atom. The topological polar surface area (TPSA) is 44.8 Å². The van der Waals surface area contributed by atoms with E-state index >= 15 is 0 Å². The monoisotopic (exact) mass is 396 g/mol. The molecule has 0 heterocycles. The summed E-state index contributed by atoms with van der Waals surface area (Å²) >= 11 is 0. The first-order chi connectivity index (χ1) is 12.9. The second kappa shape index (κ2) is 8.54. The number of carbonyl (C=O) groups excluding carboxylic acids is 1. The van der Waals surface area contributed by atoms with E-state index in [0.717, 1.165) is 12.1 Å². The summed E-state index contributed by atoms with van der Waals surface area (Å²) in [6.45, 7) is 7.12. The Morgan fingerprint density at radius 1 is 0.893 bits per heavy atom. The molecular weight excluding hydrogens is 373 g/mol. The standard InChI is InChI=1S/C21H23F3O4/c1-14(2)26-19(25)13-20(3,4)28-18-11-9-17(10-12-18)27-16-7-5-15(6-8-16)21(22,23)24/h5-12,14H,13H2,1-4H3. The minimum atomic E-state index is -4.38. The van der Waals surface area contributed by atoms with Gasteiger partial charge in [0.2, 0.25) is 0 Å². The summed E-state index contributed by atoms with van der Waals surface area (Å²) in [5, 5.41) is 0. The maximum absolute atomic E-state index is 12.6. The minimum absolute atomic E-state index is 0.0922. The predicted octanol–water partition coefficient (Wildman–Crippen LogP) is 6.00. The Kier molecular flexibility index (Phi) is 6.59. The summed E-state index contributed by atoms with van der Waals surface area (Å²) in [5.41, 5.74) is -1.50. The lowest BCUT2D eigenvalue weighted by atomic mass is 10.1. The number of rotatable bonds is 7. The van der Waals surface area contributed by atoms with Gasteiger partial charge in [0.25, 0.3) is 0 Å². The molecule has 152 valence electrons. The van der Waals surface area contributed by atoms with Crippen molar-refractivity contribution in [3.05, 3.63) is 54.1 Å². The molecule has 0 bridgehead atoms. The van der Waals surface area contributed by atoms with E-state index in [9.17, 15) is 18.0 Å². The number of ether oxygens (including phenoxy) is 3. The molecule has 0 aliphatic rings. The van der Waals surface area contributed by atoms with E-state index in [1.807, 2.05) is 0 Å². The van der Waals surface area contributed by atoms with Crippen molar-refractivity contribution in [2.45, 2.75) is 52.0 Å². The van der Waals surface area contributed by atoms with Crippen molar-refractivity contribution in [3.63, 3.8) is 0 Å². The smallest absolute Gasteiger partial charge is 0.416 e. The number of alkyl halides is 3. The number of benzene rings is 2. The lowest BCUT2D eigenvalue weighted by Gasteiger charge is -2.26. The van der Waals surface area contributed by atoms with Crippen molar-refractivity contribution in [1.29, 1.82) is 0 Å². The van der Waals surface area contributed by atoms with Crippen LogP contribution in [0.4, 0.5) is 13.2 Å². The Labute approximate surface area is 162 Å². The fourth-order valence-corrected chi connectivity index (χ4v) is 2.43. The van der Waals surface area contributed by atoms with Crippen LogP contribution < -0.4 is 9.47 Å². The van der Waals surface area contributed by atoms with Crippen molar-refractivity contribution in [2.24, 2.45) is 0 Å². The van der Waals surface area contributed by atoms with Gasteiger partial charge in [-0.3, -0.25) is 4.79 Å². The van der Waals surface area contributed by atoms with E-state index in [0.29, 0.717) is 17.2 Å². The molecule has 2 rings (SSSR count). The third-order valence-electron chi connectivity index (χ3n) is 3.57. The molecule has 0 aliphatic heterocycles. The maximum atomic E-state index is 12.6. The van der Waals surface area contributed by atoms with Gasteiger partial charge in [0.15, 0.2) is 0 Å². The average Bonchev–Trinajstić information content (AvgIpc) is 2.54. The first-order valence-corrected chi connectivity index (χ1v) is 8.78. The number of esters is 1. The molecule has 0 unspecified atom stereocenters. The molecule has 28 heavy (non-hydrogen) atoms. The summed E-state index contributed by atoms with van der Waals surface area (Å²) in [7, 11) is 0. The van der Waals surface area contributed by atoms with Gasteiger partial charge in [-0.25, -0.2) is 0 Å². The molecule has 0 fully saturated rings. The van der Waals surface area contributed by atoms with Gasteiger partial charge in [0.05, 0.1) is 18.1 Å². The van der Waals surface area contributed by atoms with Gasteiger partial charge in [-0.05, 0) is 76.2 Å². The molecule has 0 saturated heterocycles. The van der Waals surface area contributed by atoms with Crippen molar-refractivity contribution < 1.29 is 32.2 Å². The van der Waals surface area contributed by atoms with Crippen LogP contribution in [0, 0.1) is 0 Å². The first kappa shape index (κ1) is 21.6. The van der Waals surface area contributed by atoms with Gasteiger partial charge < -0.3 is 14.2 Å². The lowest BCUT2D eigenvalue weighted by molar-refractivity contribution is -0.151. The molecule has 0 radical (unpaired) electrons. The minimum Gasteiger partial charge on any atom is -0.487 e. The Bertz CT molecular complexity index is 779. The largest absolute Gasteiger partial charge is 0.487 e. The van der Waals surface area contributed by atoms with E-state index in [-0.39, 0.29) is 18.5 Å². The second-order valence-electron chi connectivity index (χ2n) is 7.17. The highest BCUT2D eigenvalue weighted by atomic mass is 19.4. The van der Waals surface area contributed by atoms with E-state index in [1.54, 1.807) is 52.0 Å². The fraction of sp³-hybridized carbons (Fsp3) is 0.381. The summed E-state index contributed by atoms with van der Waals surface area (Å²) in [6, 6.07) is 11.0. The van der Waals surface area contributed by atoms with Crippen LogP contribution in [0.3, 0.4) is 0 Å². The fourth-order valence-electron chi connectivity index (χ4n) is 2.43. The average molecular weight is 396 g/mol. The van der Waals surface area contributed by atoms with Crippen molar-refractivity contribution in [3.8, 4) is 17.2 Å². The van der Waals surface area contributed by atoms with Crippen LogP contribution >= 0.6 is 0 Å². The van der Waals surface area contributed by atoms with E-state index in [4.69, 9.17) is 14.2 Å². The molecule has 0 saturated carbocycles. The molecule has 0 atom stereocenters. The zero-order chi connectivity index (χ0) is 20.9. The molecule has 0 aromatic heterocycles. The van der Waals surface area contributed by atoms with Gasteiger partial charge in [-0.2, -0.15) is 13.2 Å². The van der Waals surface area contributed by atoms with Gasteiger partial charge in [-0.1, -0.05) is 0 Å². The molecule has 0 spiro atoms. The summed E-state index contributed by atoms with van der Waals surface area (Å²) in [5.74, 6) is 0.923. The summed E-state index contributed by atoms with van der Waals surface area (Å²) in [4.78, 5) is 11.8. The van der Waals surface area contributed by atoms with E-state index in [1.165, 1.54) is 12.1 Å². The highest BCUT2D eigenvalue weighted by Gasteiger charge is 2.30. The maximum Gasteiger partial charge on any atom is 0.416 e. The summed E-state index contributed by atoms with van der Waals surface area (Å²) < 4.78 is 54.3. The van der Waals surface area contributed by atoms with Gasteiger partial charge in [0, 0.05) is 0 Å². The van der Waals surface area contributed by atoms with Crippen LogP contribution in [-0.4, -0.2) is 17.7 Å². The quantitative estimate of drug-likeness (QED) is 0.539. The SMILES string of the molecule is CC(C)OC(=O)CC(C)(C)Oc1ccc(Oc2ccc(C(F)(F)F)cc2)cc1. The van der Waals surface area contributed by atoms with Gasteiger partial charge in [0.1, 0.15) is 22.8 Å². The van der Waals surface area contributed by atoms with Crippen LogP contribution in [0.1, 0.15) is 39.7 Å². The van der Waals surface area contributed by atoms with Gasteiger partial charge >= 0.3 is 12.1 Å². The predicted molar refractivity (Wildman–Crippen MR) is 98.5 cm³/mol. The van der Waals surface area contributed by atoms with Crippen LogP contribution in [0.25, 0.3) is 0 Å². The molecule has 4 nitrogen and oxygen atoms in total. The number of hydrogen-bond acceptors (Lipinski definition) is 4. The zero-order valence-corrected chi connectivity index (χ0v) is 16.2. The van der Waals surface area contributed by atoms with E-state index < -0.39 is 17.3 Å². The molecule has 2 aromatic rings. The third-order valence-corrected chi connectivity index (χ3v) is 3.57. The molecule has 0 N–H and O–H groups in total. The molecule has 2 aromatic carbocycles. The van der Waals surface area contributed by atoms with Crippen molar-refractivity contribution in [1.82, 2.24) is 0 Å². The highest BCUT2D eigenvalue weighted by Crippen LogP contribution is 2.32. The van der Waals surface area contributed by atoms with Gasteiger partial charge in [-0.15, -0.1) is 0 Å². The molecular formula is C21H23F3O4. The molecule has 0 aliphatic carbocycles. The zero-order valence-electron chi connectivity index (χ0n) is 16.2. The molecule has 0 amide bonds. The van der Waals surface area contributed by atoms with E-state index in [2.05, 4.69) is 0 Å². The normalized spacial score (nSPS) is 12.0. The lowest BCUT2D eigenvalue weighted by Crippen LogP contribution is -2.32. The highest BCUT2D eigenvalue weighted by molar-refractivity contribution is 5.70. The van der Waals surface area contributed by atoms with Crippen molar-refractivity contribution in [2.75, 3.05) is 0 Å². The first-order valence-electron chi connectivity index (χ1n) is 8.78. The van der Waals surface area contributed by atoms with Crippen LogP contribution in [-0.2, 0) is 15.7 Å². The Morgan fingerprint density at radius 3 is 1.82 bits per heavy atom. The van der Waals surface area contributed by atoms with Crippen LogP contribution in [0.15, 0.2) is 48.5 Å². The summed E-state index contributed by atoms with van der Waals surface area (Å²) in [6.07, 6.45) is -4.48. The Balaban J connectivity index is 1.96. The number of halogens is 3. The third kappa shape index (κ3) is 6.79. The van der Waals surface area contributed by atoms with Crippen LogP contribution in [0.5, 0.6) is 17.2 Å².